The minimum atomic E-state index is -0.239. The van der Waals surface area contributed by atoms with Gasteiger partial charge in [-0.1, -0.05) is 0 Å². The predicted octanol–water partition coefficient (Wildman–Crippen LogP) is -0.454. The maximum Gasteiger partial charge on any atom is 0.323 e. The van der Waals surface area contributed by atoms with Crippen LogP contribution in [0, 0.1) is 0 Å². The van der Waals surface area contributed by atoms with Crippen LogP contribution in [0.2, 0.25) is 0 Å². The van der Waals surface area contributed by atoms with Crippen LogP contribution in [0.1, 0.15) is 0 Å². The molecule has 66 valence electrons. The van der Waals surface area contributed by atoms with Crippen LogP contribution in [-0.4, -0.2) is 42.1 Å². The molecule has 1 heterocycles. The maximum absolute atomic E-state index is 11.1. The first kappa shape index (κ1) is 8.73. The molecule has 0 fully saturated rings. The molecule has 0 unspecified atom stereocenters. The fraction of sp³-hybridized carbons (Fsp3) is 0.429. The van der Waals surface area contributed by atoms with Gasteiger partial charge < -0.3 is 10.4 Å². The Morgan fingerprint density at radius 2 is 2.58 bits per heavy atom. The molecule has 0 saturated carbocycles. The van der Waals surface area contributed by atoms with E-state index in [1.165, 1.54) is 4.90 Å². The zero-order valence-corrected chi connectivity index (χ0v) is 6.60. The molecule has 1 rings (SSSR count). The van der Waals surface area contributed by atoms with Crippen molar-refractivity contribution in [3.05, 3.63) is 12.3 Å². The second kappa shape index (κ2) is 4.50. The number of hydrogen-bond donors (Lipinski definition) is 2. The lowest BCUT2D eigenvalue weighted by atomic mass is 10.5. The Bertz CT molecular complexity index is 213. The number of hydrogen-bond acceptors (Lipinski definition) is 3. The minimum Gasteiger partial charge on any atom is -0.395 e. The lowest BCUT2D eigenvalue weighted by molar-refractivity contribution is 0.210. The Balaban J connectivity index is 2.32. The molecule has 0 aromatic heterocycles. The molecule has 0 radical (unpaired) electrons. The van der Waals surface area contributed by atoms with E-state index in [0.29, 0.717) is 6.67 Å². The summed E-state index contributed by atoms with van der Waals surface area (Å²) >= 11 is 0. The van der Waals surface area contributed by atoms with Crippen molar-refractivity contribution in [3.8, 4) is 0 Å². The SMILES string of the molecule is O=C(NCCO)N1C=CC=NC1. The number of nitrogens with zero attached hydrogens (tertiary/aromatic N) is 2. The van der Waals surface area contributed by atoms with Crippen LogP contribution in [0.25, 0.3) is 0 Å². The van der Waals surface area contributed by atoms with Gasteiger partial charge in [0.25, 0.3) is 0 Å². The third-order valence-corrected chi connectivity index (χ3v) is 1.34. The maximum atomic E-state index is 11.1. The monoisotopic (exact) mass is 169 g/mol. The molecule has 2 N–H and O–H groups in total. The average molecular weight is 169 g/mol. The summed E-state index contributed by atoms with van der Waals surface area (Å²) < 4.78 is 0. The van der Waals surface area contributed by atoms with Crippen LogP contribution < -0.4 is 5.32 Å². The zero-order valence-electron chi connectivity index (χ0n) is 6.60. The van der Waals surface area contributed by atoms with Crippen molar-refractivity contribution >= 4 is 12.2 Å². The van der Waals surface area contributed by atoms with Crippen molar-refractivity contribution in [1.29, 1.82) is 0 Å². The molecule has 0 aliphatic carbocycles. The number of urea groups is 1. The quantitative estimate of drug-likeness (QED) is 0.587. The number of amides is 2. The molecule has 1 aliphatic heterocycles. The molecule has 0 spiro atoms. The number of carbonyl (C=O) groups is 1. The summed E-state index contributed by atoms with van der Waals surface area (Å²) in [6, 6.07) is -0.239. The van der Waals surface area contributed by atoms with Crippen molar-refractivity contribution in [3.63, 3.8) is 0 Å². The van der Waals surface area contributed by atoms with Crippen LogP contribution in [0.4, 0.5) is 4.79 Å². The Labute approximate surface area is 70.4 Å². The first-order valence-electron chi connectivity index (χ1n) is 3.66. The topological polar surface area (TPSA) is 64.9 Å². The fourth-order valence-electron chi connectivity index (χ4n) is 0.782. The van der Waals surface area contributed by atoms with Gasteiger partial charge in [0.05, 0.1) is 6.61 Å². The Morgan fingerprint density at radius 3 is 3.17 bits per heavy atom. The number of aliphatic imine (C=N–C) groups is 1. The predicted molar refractivity (Wildman–Crippen MR) is 44.8 cm³/mol. The van der Waals surface area contributed by atoms with Crippen molar-refractivity contribution in [2.45, 2.75) is 0 Å². The summed E-state index contributed by atoms with van der Waals surface area (Å²) in [4.78, 5) is 16.4. The number of rotatable bonds is 2. The highest BCUT2D eigenvalue weighted by Gasteiger charge is 2.08. The minimum absolute atomic E-state index is 0.0490. The number of aliphatic hydroxyl groups excluding tert-OH is 1. The molecular weight excluding hydrogens is 158 g/mol. The van der Waals surface area contributed by atoms with Crippen LogP contribution >= 0.6 is 0 Å². The molecule has 1 aliphatic rings. The molecule has 0 aromatic rings. The number of nitrogens with one attached hydrogen (secondary N) is 1. The van der Waals surface area contributed by atoms with Gasteiger partial charge in [-0.3, -0.25) is 9.89 Å². The smallest absolute Gasteiger partial charge is 0.323 e. The largest absolute Gasteiger partial charge is 0.395 e. The fourth-order valence-corrected chi connectivity index (χ4v) is 0.782. The molecule has 0 bridgehead atoms. The van der Waals surface area contributed by atoms with Crippen molar-refractivity contribution in [2.24, 2.45) is 4.99 Å². The van der Waals surface area contributed by atoms with E-state index in [1.54, 1.807) is 18.5 Å². The summed E-state index contributed by atoms with van der Waals surface area (Å²) in [6.45, 7) is 0.563. The highest BCUT2D eigenvalue weighted by Crippen LogP contribution is 1.95. The van der Waals surface area contributed by atoms with Crippen LogP contribution in [0.5, 0.6) is 0 Å². The number of carbonyl (C=O) groups excluding carboxylic acids is 1. The van der Waals surface area contributed by atoms with E-state index < -0.39 is 0 Å². The van der Waals surface area contributed by atoms with Gasteiger partial charge in [-0.05, 0) is 6.08 Å². The lowest BCUT2D eigenvalue weighted by Crippen LogP contribution is -2.38. The van der Waals surface area contributed by atoms with E-state index in [1.807, 2.05) is 0 Å². The van der Waals surface area contributed by atoms with Gasteiger partial charge in [-0.2, -0.15) is 0 Å². The summed E-state index contributed by atoms with van der Waals surface area (Å²) in [5.41, 5.74) is 0. The average Bonchev–Trinajstić information content (AvgIpc) is 2.15. The van der Waals surface area contributed by atoms with E-state index in [4.69, 9.17) is 5.11 Å². The van der Waals surface area contributed by atoms with Gasteiger partial charge in [0.15, 0.2) is 0 Å². The first-order chi connectivity index (χ1) is 5.84. The normalized spacial score (nSPS) is 14.9. The van der Waals surface area contributed by atoms with Gasteiger partial charge in [0.1, 0.15) is 6.67 Å². The van der Waals surface area contributed by atoms with Crippen LogP contribution in [0.3, 0.4) is 0 Å². The van der Waals surface area contributed by atoms with Crippen molar-refractivity contribution in [2.75, 3.05) is 19.8 Å². The van der Waals surface area contributed by atoms with Gasteiger partial charge in [0, 0.05) is 19.0 Å². The van der Waals surface area contributed by atoms with E-state index in [0.717, 1.165) is 0 Å². The molecule has 2 amide bonds. The first-order valence-corrected chi connectivity index (χ1v) is 3.66. The second-order valence-electron chi connectivity index (χ2n) is 2.24. The Kier molecular flexibility index (Phi) is 3.28. The molecular formula is C7H11N3O2. The van der Waals surface area contributed by atoms with E-state index in [-0.39, 0.29) is 19.2 Å². The summed E-state index contributed by atoms with van der Waals surface area (Å²) in [7, 11) is 0. The van der Waals surface area contributed by atoms with E-state index >= 15 is 0 Å². The van der Waals surface area contributed by atoms with Gasteiger partial charge in [-0.15, -0.1) is 0 Å². The third kappa shape index (κ3) is 2.35. The number of allylic oxidation sites excluding steroid dienone is 1. The van der Waals surface area contributed by atoms with Gasteiger partial charge >= 0.3 is 6.03 Å². The Hall–Kier alpha value is -1.36. The van der Waals surface area contributed by atoms with Crippen molar-refractivity contribution in [1.82, 2.24) is 10.2 Å². The summed E-state index contributed by atoms with van der Waals surface area (Å²) in [6.07, 6.45) is 4.96. The molecule has 0 aromatic carbocycles. The molecule has 5 nitrogen and oxygen atoms in total. The van der Waals surface area contributed by atoms with Gasteiger partial charge in [0.2, 0.25) is 0 Å². The molecule has 0 saturated heterocycles. The highest BCUT2D eigenvalue weighted by molar-refractivity contribution is 5.79. The molecule has 12 heavy (non-hydrogen) atoms. The molecule has 5 heteroatoms. The lowest BCUT2D eigenvalue weighted by Gasteiger charge is -2.17. The second-order valence-corrected chi connectivity index (χ2v) is 2.24. The van der Waals surface area contributed by atoms with Crippen LogP contribution in [0.15, 0.2) is 17.3 Å². The number of aliphatic hydroxyl groups is 1. The Morgan fingerprint density at radius 1 is 1.75 bits per heavy atom. The van der Waals surface area contributed by atoms with Crippen LogP contribution in [-0.2, 0) is 0 Å². The zero-order chi connectivity index (χ0) is 8.81. The third-order valence-electron chi connectivity index (χ3n) is 1.34. The molecule has 0 atom stereocenters. The summed E-state index contributed by atoms with van der Waals surface area (Å²) in [5.74, 6) is 0. The van der Waals surface area contributed by atoms with E-state index in [9.17, 15) is 4.79 Å². The highest BCUT2D eigenvalue weighted by atomic mass is 16.3. The standard InChI is InChI=1S/C7H11N3O2/c11-5-3-9-7(12)10-4-1-2-8-6-10/h1-2,4,11H,3,5-6H2,(H,9,12). The summed E-state index contributed by atoms with van der Waals surface area (Å²) in [5, 5.41) is 10.9. The van der Waals surface area contributed by atoms with E-state index in [2.05, 4.69) is 10.3 Å². The van der Waals surface area contributed by atoms with Crippen molar-refractivity contribution < 1.29 is 9.90 Å². The van der Waals surface area contributed by atoms with Gasteiger partial charge in [-0.25, -0.2) is 4.79 Å².